The van der Waals surface area contributed by atoms with Gasteiger partial charge in [0.05, 0.1) is 13.1 Å². The van der Waals surface area contributed by atoms with Crippen LogP contribution in [-0.4, -0.2) is 27.6 Å². The van der Waals surface area contributed by atoms with Gasteiger partial charge in [0, 0.05) is 13.5 Å². The third kappa shape index (κ3) is 2.00. The van der Waals surface area contributed by atoms with Crippen LogP contribution < -0.4 is 15.0 Å². The van der Waals surface area contributed by atoms with Crippen LogP contribution in [0.3, 0.4) is 0 Å². The van der Waals surface area contributed by atoms with Crippen molar-refractivity contribution in [1.82, 2.24) is 14.5 Å². The molecule has 5 rings (SSSR count). The molecular formula is C19H22N5O+. The molecule has 1 aromatic carbocycles. The van der Waals surface area contributed by atoms with E-state index >= 15 is 0 Å². The van der Waals surface area contributed by atoms with Crippen LogP contribution in [0.4, 0.5) is 5.95 Å². The van der Waals surface area contributed by atoms with Gasteiger partial charge in [-0.1, -0.05) is 30.3 Å². The van der Waals surface area contributed by atoms with E-state index in [1.54, 1.807) is 4.57 Å². The van der Waals surface area contributed by atoms with Gasteiger partial charge >= 0.3 is 11.5 Å². The van der Waals surface area contributed by atoms with Gasteiger partial charge in [0.15, 0.2) is 11.3 Å². The first-order chi connectivity index (χ1) is 12.1. The number of likely N-dealkylation sites (N-methyl/N-ethyl adjacent to an activating group) is 1. The molecular weight excluding hydrogens is 314 g/mol. The lowest BCUT2D eigenvalue weighted by Gasteiger charge is -2.14. The number of nitrogens with one attached hydrogen (secondary N) is 1. The zero-order valence-corrected chi connectivity index (χ0v) is 14.6. The predicted molar refractivity (Wildman–Crippen MR) is 95.9 cm³/mol. The van der Waals surface area contributed by atoms with Crippen molar-refractivity contribution in [2.75, 3.05) is 11.9 Å². The van der Waals surface area contributed by atoms with Crippen LogP contribution in [-0.2, 0) is 13.5 Å². The Morgan fingerprint density at radius 1 is 1.24 bits per heavy atom. The molecule has 2 aromatic heterocycles. The topological polar surface area (TPSA) is 57.8 Å². The number of H-pyrrole nitrogens is 1. The first kappa shape index (κ1) is 14.7. The summed E-state index contributed by atoms with van der Waals surface area (Å²) in [5, 5.41) is 0. The zero-order valence-electron chi connectivity index (χ0n) is 14.6. The molecule has 2 unspecified atom stereocenters. The maximum Gasteiger partial charge on any atom is 0.324 e. The Hall–Kier alpha value is -2.63. The highest BCUT2D eigenvalue weighted by atomic mass is 16.1. The van der Waals surface area contributed by atoms with Gasteiger partial charge in [-0.2, -0.15) is 0 Å². The number of imidazole rings is 1. The normalized spacial score (nSPS) is 21.8. The largest absolute Gasteiger partial charge is 0.324 e. The van der Waals surface area contributed by atoms with Crippen LogP contribution in [0, 0.1) is 0 Å². The van der Waals surface area contributed by atoms with Gasteiger partial charge in [-0.25, -0.2) is 9.13 Å². The Kier molecular flexibility index (Phi) is 3.04. The Bertz CT molecular complexity index is 1020. The van der Waals surface area contributed by atoms with Gasteiger partial charge in [-0.3, -0.25) is 9.69 Å². The molecule has 0 spiro atoms. The number of aromatic nitrogens is 4. The molecule has 2 aliphatic rings. The molecule has 128 valence electrons. The summed E-state index contributed by atoms with van der Waals surface area (Å²) in [4.78, 5) is 23.3. The van der Waals surface area contributed by atoms with Crippen molar-refractivity contribution in [2.45, 2.75) is 37.8 Å². The summed E-state index contributed by atoms with van der Waals surface area (Å²) in [5.74, 6) is 1.83. The molecule has 6 nitrogen and oxygen atoms in total. The second-order valence-corrected chi connectivity index (χ2v) is 7.26. The molecule has 1 fully saturated rings. The minimum Gasteiger partial charge on any atom is -0.323 e. The van der Waals surface area contributed by atoms with E-state index in [-0.39, 0.29) is 5.56 Å². The van der Waals surface area contributed by atoms with E-state index in [0.29, 0.717) is 24.0 Å². The molecule has 6 heteroatoms. The van der Waals surface area contributed by atoms with Gasteiger partial charge in [0.1, 0.15) is 6.04 Å². The van der Waals surface area contributed by atoms with Gasteiger partial charge < -0.3 is 4.98 Å². The summed E-state index contributed by atoms with van der Waals surface area (Å²) < 4.78 is 4.06. The Morgan fingerprint density at radius 2 is 2.04 bits per heavy atom. The summed E-state index contributed by atoms with van der Waals surface area (Å²) >= 11 is 0. The summed E-state index contributed by atoms with van der Waals surface area (Å²) in [6, 6.07) is 11.1. The van der Waals surface area contributed by atoms with Crippen molar-refractivity contribution in [3.8, 4) is 0 Å². The van der Waals surface area contributed by atoms with Crippen LogP contribution in [0.5, 0.6) is 0 Å². The second kappa shape index (κ2) is 5.18. The van der Waals surface area contributed by atoms with Crippen LogP contribution in [0.25, 0.3) is 11.2 Å². The van der Waals surface area contributed by atoms with Crippen molar-refractivity contribution in [2.24, 2.45) is 7.05 Å². The summed E-state index contributed by atoms with van der Waals surface area (Å²) in [5.41, 5.74) is 2.62. The molecule has 1 aliphatic heterocycles. The smallest absolute Gasteiger partial charge is 0.323 e. The summed E-state index contributed by atoms with van der Waals surface area (Å²) in [6.45, 7) is 0. The van der Waals surface area contributed by atoms with Gasteiger partial charge in [0.25, 0.3) is 5.65 Å². The van der Waals surface area contributed by atoms with Crippen LogP contribution in [0.2, 0.25) is 0 Å². The van der Waals surface area contributed by atoms with Crippen molar-refractivity contribution in [3.05, 3.63) is 52.1 Å². The molecule has 1 aliphatic carbocycles. The minimum absolute atomic E-state index is 0.000106. The highest BCUT2D eigenvalue weighted by Gasteiger charge is 2.47. The molecule has 0 radical (unpaired) electrons. The predicted octanol–water partition coefficient (Wildman–Crippen LogP) is 1.68. The molecule has 0 bridgehead atoms. The molecule has 0 saturated heterocycles. The lowest BCUT2D eigenvalue weighted by molar-refractivity contribution is -0.678. The van der Waals surface area contributed by atoms with Crippen LogP contribution in [0.1, 0.15) is 36.7 Å². The fourth-order valence-corrected chi connectivity index (χ4v) is 4.66. The zero-order chi connectivity index (χ0) is 17.1. The average Bonchev–Trinajstić information content (AvgIpc) is 3.30. The summed E-state index contributed by atoms with van der Waals surface area (Å²) in [7, 11) is 3.97. The lowest BCUT2D eigenvalue weighted by Crippen LogP contribution is -2.43. The molecule has 25 heavy (non-hydrogen) atoms. The number of aromatic amines is 1. The second-order valence-electron chi connectivity index (χ2n) is 7.26. The Morgan fingerprint density at radius 3 is 2.84 bits per heavy atom. The van der Waals surface area contributed by atoms with Crippen molar-refractivity contribution in [1.29, 1.82) is 0 Å². The number of hydrogen-bond donors (Lipinski definition) is 1. The molecule has 1 saturated carbocycles. The SMILES string of the molecule is CN1c2n(C)c(=O)c3[nH]c(Cc4ccccc4)nc3[n+]2C2CCCC21. The van der Waals surface area contributed by atoms with Crippen LogP contribution >= 0.6 is 0 Å². The van der Waals surface area contributed by atoms with Crippen molar-refractivity contribution < 1.29 is 4.57 Å². The van der Waals surface area contributed by atoms with E-state index < -0.39 is 0 Å². The van der Waals surface area contributed by atoms with E-state index in [1.165, 1.54) is 18.4 Å². The first-order valence-electron chi connectivity index (χ1n) is 8.95. The fraction of sp³-hybridized carbons (Fsp3) is 0.421. The number of hydrogen-bond acceptors (Lipinski definition) is 3. The molecule has 1 N–H and O–H groups in total. The summed E-state index contributed by atoms with van der Waals surface area (Å²) in [6.07, 6.45) is 4.27. The van der Waals surface area contributed by atoms with E-state index in [0.717, 1.165) is 23.8 Å². The van der Waals surface area contributed by atoms with E-state index in [4.69, 9.17) is 4.98 Å². The molecule has 2 atom stereocenters. The number of fused-ring (bicyclic) bond motifs is 5. The number of rotatable bonds is 2. The quantitative estimate of drug-likeness (QED) is 0.725. The third-order valence-electron chi connectivity index (χ3n) is 5.80. The molecule has 3 aromatic rings. The fourth-order valence-electron chi connectivity index (χ4n) is 4.66. The molecule has 0 amide bonds. The van der Waals surface area contributed by atoms with Crippen LogP contribution in [0.15, 0.2) is 35.1 Å². The van der Waals surface area contributed by atoms with Crippen molar-refractivity contribution in [3.63, 3.8) is 0 Å². The Balaban J connectivity index is 1.71. The average molecular weight is 336 g/mol. The van der Waals surface area contributed by atoms with Crippen molar-refractivity contribution >= 4 is 17.1 Å². The standard InChI is InChI=1S/C19H21N5O/c1-22-13-9-6-10-14(13)24-17-16(18(25)23(2)19(22)24)20-15(21-17)11-12-7-4-3-5-8-12/h3-5,7-8,13-14H,6,9-11H2,1-2H3/p+1. The van der Waals surface area contributed by atoms with E-state index in [9.17, 15) is 4.79 Å². The van der Waals surface area contributed by atoms with E-state index in [2.05, 4.69) is 33.6 Å². The first-order valence-corrected chi connectivity index (χ1v) is 8.95. The highest BCUT2D eigenvalue weighted by molar-refractivity contribution is 5.67. The van der Waals surface area contributed by atoms with Gasteiger partial charge in [-0.05, 0) is 24.8 Å². The maximum absolute atomic E-state index is 12.9. The maximum atomic E-state index is 12.9. The lowest BCUT2D eigenvalue weighted by atomic mass is 10.1. The monoisotopic (exact) mass is 336 g/mol. The minimum atomic E-state index is -0.000106. The number of benzene rings is 1. The van der Waals surface area contributed by atoms with Gasteiger partial charge in [0.2, 0.25) is 0 Å². The van der Waals surface area contributed by atoms with E-state index in [1.807, 2.05) is 25.2 Å². The molecule has 3 heterocycles. The Labute approximate surface area is 145 Å². The highest BCUT2D eigenvalue weighted by Crippen LogP contribution is 2.37. The number of nitrogens with zero attached hydrogens (tertiary/aromatic N) is 4. The number of anilines is 1. The third-order valence-corrected chi connectivity index (χ3v) is 5.80. The van der Waals surface area contributed by atoms with Gasteiger partial charge in [-0.15, -0.1) is 4.98 Å².